The maximum atomic E-state index is 11.7. The van der Waals surface area contributed by atoms with E-state index in [1.54, 1.807) is 0 Å². The Bertz CT molecular complexity index is 483. The van der Waals surface area contributed by atoms with Crippen LogP contribution in [0.5, 0.6) is 5.75 Å². The van der Waals surface area contributed by atoms with Crippen molar-refractivity contribution in [1.29, 1.82) is 0 Å². The second kappa shape index (κ2) is 7.50. The van der Waals surface area contributed by atoms with Gasteiger partial charge in [-0.15, -0.1) is 0 Å². The molecule has 0 amide bonds. The van der Waals surface area contributed by atoms with Gasteiger partial charge in [-0.25, -0.2) is 8.42 Å². The van der Waals surface area contributed by atoms with Gasteiger partial charge in [0, 0.05) is 6.54 Å². The molecule has 19 heavy (non-hydrogen) atoms. The minimum absolute atomic E-state index is 0.173. The quantitative estimate of drug-likeness (QED) is 0.742. The van der Waals surface area contributed by atoms with Gasteiger partial charge < -0.3 is 10.5 Å². The molecule has 108 valence electrons. The van der Waals surface area contributed by atoms with Crippen molar-refractivity contribution >= 4 is 9.84 Å². The van der Waals surface area contributed by atoms with Gasteiger partial charge in [-0.2, -0.15) is 0 Å². The minimum atomic E-state index is -2.95. The first-order valence-corrected chi connectivity index (χ1v) is 8.37. The summed E-state index contributed by atoms with van der Waals surface area (Å²) < 4.78 is 28.9. The van der Waals surface area contributed by atoms with Crippen LogP contribution in [0.15, 0.2) is 24.3 Å². The molecule has 5 heteroatoms. The lowest BCUT2D eigenvalue weighted by Crippen LogP contribution is -2.17. The van der Waals surface area contributed by atoms with Crippen molar-refractivity contribution in [3.8, 4) is 5.75 Å². The number of ether oxygens (including phenoxy) is 1. The van der Waals surface area contributed by atoms with E-state index < -0.39 is 9.84 Å². The van der Waals surface area contributed by atoms with E-state index >= 15 is 0 Å². The summed E-state index contributed by atoms with van der Waals surface area (Å²) in [7, 11) is -2.95. The van der Waals surface area contributed by atoms with Gasteiger partial charge in [-0.1, -0.05) is 26.0 Å². The van der Waals surface area contributed by atoms with Gasteiger partial charge in [0.05, 0.1) is 18.1 Å². The fourth-order valence-corrected chi connectivity index (χ4v) is 3.56. The first-order chi connectivity index (χ1) is 8.93. The van der Waals surface area contributed by atoms with Crippen molar-refractivity contribution in [2.75, 3.05) is 18.1 Å². The van der Waals surface area contributed by atoms with Gasteiger partial charge in [0.2, 0.25) is 0 Å². The summed E-state index contributed by atoms with van der Waals surface area (Å²) >= 11 is 0. The largest absolute Gasteiger partial charge is 0.494 e. The molecule has 1 aromatic carbocycles. The number of nitrogens with two attached hydrogens (primary N) is 1. The molecule has 0 spiro atoms. The number of rotatable bonds is 8. The molecule has 2 N–H and O–H groups in total. The first kappa shape index (κ1) is 16.0. The van der Waals surface area contributed by atoms with Crippen molar-refractivity contribution in [2.45, 2.75) is 26.8 Å². The Kier molecular flexibility index (Phi) is 6.31. The summed E-state index contributed by atoms with van der Waals surface area (Å²) in [4.78, 5) is 0. The van der Waals surface area contributed by atoms with E-state index in [1.807, 2.05) is 38.1 Å². The topological polar surface area (TPSA) is 69.4 Å². The van der Waals surface area contributed by atoms with Gasteiger partial charge >= 0.3 is 0 Å². The Labute approximate surface area is 115 Å². The van der Waals surface area contributed by atoms with E-state index in [0.29, 0.717) is 19.6 Å². The highest BCUT2D eigenvalue weighted by Crippen LogP contribution is 2.13. The van der Waals surface area contributed by atoms with Crippen molar-refractivity contribution in [1.82, 2.24) is 0 Å². The van der Waals surface area contributed by atoms with Gasteiger partial charge in [-0.05, 0) is 30.0 Å². The Hall–Kier alpha value is -1.07. The standard InChI is InChI=1S/C14H23NO3S/c1-12(2)11-19(16,17)8-4-7-18-14-6-3-5-13(9-14)10-15/h3,5-6,9,12H,4,7-8,10-11,15H2,1-2H3. The summed E-state index contributed by atoms with van der Waals surface area (Å²) in [6.07, 6.45) is 0.516. The summed E-state index contributed by atoms with van der Waals surface area (Å²) in [5.41, 5.74) is 6.55. The fourth-order valence-electron chi connectivity index (χ4n) is 1.82. The van der Waals surface area contributed by atoms with Crippen LogP contribution in [0.2, 0.25) is 0 Å². The number of hydrogen-bond acceptors (Lipinski definition) is 4. The zero-order valence-electron chi connectivity index (χ0n) is 11.6. The Balaban J connectivity index is 2.34. The van der Waals surface area contributed by atoms with Crippen LogP contribution in [0, 0.1) is 5.92 Å². The SMILES string of the molecule is CC(C)CS(=O)(=O)CCCOc1cccc(CN)c1. The van der Waals surface area contributed by atoms with E-state index in [-0.39, 0.29) is 17.4 Å². The molecule has 4 nitrogen and oxygen atoms in total. The number of hydrogen-bond donors (Lipinski definition) is 1. The second-order valence-corrected chi connectivity index (χ2v) is 7.29. The zero-order valence-corrected chi connectivity index (χ0v) is 12.4. The summed E-state index contributed by atoms with van der Waals surface area (Å²) in [5.74, 6) is 1.34. The minimum Gasteiger partial charge on any atom is -0.494 e. The van der Waals surface area contributed by atoms with Crippen molar-refractivity contribution in [3.63, 3.8) is 0 Å². The predicted molar refractivity (Wildman–Crippen MR) is 77.9 cm³/mol. The molecule has 0 unspecified atom stereocenters. The molecule has 0 aliphatic carbocycles. The molecule has 1 rings (SSSR count). The normalized spacial score (nSPS) is 11.8. The number of benzene rings is 1. The van der Waals surface area contributed by atoms with Crippen LogP contribution < -0.4 is 10.5 Å². The Morgan fingerprint density at radius 2 is 2.05 bits per heavy atom. The number of sulfone groups is 1. The molecule has 0 atom stereocenters. The van der Waals surface area contributed by atoms with Crippen LogP contribution >= 0.6 is 0 Å². The first-order valence-electron chi connectivity index (χ1n) is 6.55. The van der Waals surface area contributed by atoms with Crippen LogP contribution in [0.1, 0.15) is 25.8 Å². The molecule has 0 saturated heterocycles. The van der Waals surface area contributed by atoms with Gasteiger partial charge in [0.25, 0.3) is 0 Å². The zero-order chi connectivity index (χ0) is 14.3. The molecule has 0 fully saturated rings. The van der Waals surface area contributed by atoms with Gasteiger partial charge in [-0.3, -0.25) is 0 Å². The molecular formula is C14H23NO3S. The lowest BCUT2D eigenvalue weighted by molar-refractivity contribution is 0.317. The lowest BCUT2D eigenvalue weighted by Gasteiger charge is -2.09. The Morgan fingerprint density at radius 1 is 1.32 bits per heavy atom. The molecule has 0 aliphatic heterocycles. The van der Waals surface area contributed by atoms with Crippen molar-refractivity contribution < 1.29 is 13.2 Å². The van der Waals surface area contributed by atoms with E-state index in [0.717, 1.165) is 11.3 Å². The monoisotopic (exact) mass is 285 g/mol. The highest BCUT2D eigenvalue weighted by atomic mass is 32.2. The lowest BCUT2D eigenvalue weighted by atomic mass is 10.2. The molecule has 0 heterocycles. The third kappa shape index (κ3) is 6.59. The van der Waals surface area contributed by atoms with E-state index in [2.05, 4.69) is 0 Å². The average molecular weight is 285 g/mol. The van der Waals surface area contributed by atoms with Gasteiger partial charge in [0.15, 0.2) is 9.84 Å². The summed E-state index contributed by atoms with van der Waals surface area (Å²) in [6, 6.07) is 7.54. The van der Waals surface area contributed by atoms with Crippen molar-refractivity contribution in [2.24, 2.45) is 11.7 Å². The molecule has 0 saturated carbocycles. The highest BCUT2D eigenvalue weighted by molar-refractivity contribution is 7.91. The van der Waals surface area contributed by atoms with E-state index in [1.165, 1.54) is 0 Å². The predicted octanol–water partition coefficient (Wildman–Crippen LogP) is 1.98. The average Bonchev–Trinajstić information content (AvgIpc) is 2.33. The Morgan fingerprint density at radius 3 is 2.68 bits per heavy atom. The third-order valence-electron chi connectivity index (χ3n) is 2.59. The van der Waals surface area contributed by atoms with E-state index in [9.17, 15) is 8.42 Å². The molecular weight excluding hydrogens is 262 g/mol. The summed E-state index contributed by atoms with van der Waals surface area (Å²) in [5, 5.41) is 0. The maximum absolute atomic E-state index is 11.7. The molecule has 0 aliphatic rings. The van der Waals surface area contributed by atoms with Crippen LogP contribution in [-0.4, -0.2) is 26.5 Å². The van der Waals surface area contributed by atoms with Crippen LogP contribution in [0.25, 0.3) is 0 Å². The molecule has 0 bridgehead atoms. The maximum Gasteiger partial charge on any atom is 0.150 e. The van der Waals surface area contributed by atoms with Crippen LogP contribution in [0.3, 0.4) is 0 Å². The van der Waals surface area contributed by atoms with Gasteiger partial charge in [0.1, 0.15) is 5.75 Å². The molecule has 0 aromatic heterocycles. The highest BCUT2D eigenvalue weighted by Gasteiger charge is 2.12. The van der Waals surface area contributed by atoms with Crippen molar-refractivity contribution in [3.05, 3.63) is 29.8 Å². The van der Waals surface area contributed by atoms with Crippen LogP contribution in [-0.2, 0) is 16.4 Å². The molecule has 0 radical (unpaired) electrons. The van der Waals surface area contributed by atoms with E-state index in [4.69, 9.17) is 10.5 Å². The fraction of sp³-hybridized carbons (Fsp3) is 0.571. The van der Waals surface area contributed by atoms with Crippen LogP contribution in [0.4, 0.5) is 0 Å². The smallest absolute Gasteiger partial charge is 0.150 e. The third-order valence-corrected chi connectivity index (χ3v) is 4.68. The molecule has 1 aromatic rings. The summed E-state index contributed by atoms with van der Waals surface area (Å²) in [6.45, 7) is 4.70. The second-order valence-electron chi connectivity index (χ2n) is 5.06.